The summed E-state index contributed by atoms with van der Waals surface area (Å²) in [5.74, 6) is -0.806. The standard InChI is InChI=1S/C23H15Cl2F6N3O3/c24-16-8-17(25)10-18(9-16)32-21(36)34-33-20(35)13-2-1-3-19(6-13)37-11-12-4-14(22(26,27)28)7-15(5-12)23(29,30)31/h1-10H,11H2,(H,33,35)(H2,32,34,36). The maximum atomic E-state index is 13.0. The van der Waals surface area contributed by atoms with E-state index in [4.69, 9.17) is 27.9 Å². The van der Waals surface area contributed by atoms with Gasteiger partial charge in [-0.1, -0.05) is 29.3 Å². The quantitative estimate of drug-likeness (QED) is 0.228. The van der Waals surface area contributed by atoms with Crippen molar-refractivity contribution < 1.29 is 40.7 Å². The van der Waals surface area contributed by atoms with Gasteiger partial charge >= 0.3 is 18.4 Å². The van der Waals surface area contributed by atoms with Crippen molar-refractivity contribution in [3.8, 4) is 5.75 Å². The third-order valence-electron chi connectivity index (χ3n) is 4.56. The first kappa shape index (κ1) is 27.9. The Morgan fingerprint density at radius 3 is 1.95 bits per heavy atom. The summed E-state index contributed by atoms with van der Waals surface area (Å²) in [6.45, 7) is -0.638. The van der Waals surface area contributed by atoms with Gasteiger partial charge < -0.3 is 10.1 Å². The summed E-state index contributed by atoms with van der Waals surface area (Å²) in [6, 6.07) is 9.78. The Kier molecular flexibility index (Phi) is 8.44. The van der Waals surface area contributed by atoms with Gasteiger partial charge in [-0.05, 0) is 60.2 Å². The number of carbonyl (C=O) groups excluding carboxylic acids is 2. The highest BCUT2D eigenvalue weighted by Crippen LogP contribution is 2.36. The van der Waals surface area contributed by atoms with Crippen LogP contribution in [-0.2, 0) is 19.0 Å². The number of halogens is 8. The minimum atomic E-state index is -4.99. The average Bonchev–Trinajstić information content (AvgIpc) is 2.79. The van der Waals surface area contributed by atoms with Crippen molar-refractivity contribution >= 4 is 40.8 Å². The molecule has 14 heteroatoms. The molecule has 0 aliphatic heterocycles. The summed E-state index contributed by atoms with van der Waals surface area (Å²) >= 11 is 11.7. The van der Waals surface area contributed by atoms with Crippen molar-refractivity contribution in [2.45, 2.75) is 19.0 Å². The first-order valence-corrected chi connectivity index (χ1v) is 10.8. The number of amides is 3. The van der Waals surface area contributed by atoms with Crippen LogP contribution in [0.3, 0.4) is 0 Å². The van der Waals surface area contributed by atoms with E-state index in [9.17, 15) is 35.9 Å². The summed E-state index contributed by atoms with van der Waals surface area (Å²) in [7, 11) is 0. The van der Waals surface area contributed by atoms with Crippen LogP contribution in [0, 0.1) is 0 Å². The van der Waals surface area contributed by atoms with E-state index in [0.29, 0.717) is 12.1 Å². The van der Waals surface area contributed by atoms with Gasteiger partial charge in [-0.15, -0.1) is 0 Å². The van der Waals surface area contributed by atoms with E-state index in [1.807, 2.05) is 0 Å². The minimum Gasteiger partial charge on any atom is -0.489 e. The Morgan fingerprint density at radius 1 is 0.784 bits per heavy atom. The van der Waals surface area contributed by atoms with Crippen LogP contribution in [0.15, 0.2) is 60.7 Å². The van der Waals surface area contributed by atoms with Crippen molar-refractivity contribution in [3.63, 3.8) is 0 Å². The normalized spacial score (nSPS) is 11.6. The molecule has 196 valence electrons. The van der Waals surface area contributed by atoms with Crippen molar-refractivity contribution in [1.82, 2.24) is 10.9 Å². The second kappa shape index (κ2) is 11.2. The van der Waals surface area contributed by atoms with Gasteiger partial charge in [0, 0.05) is 21.3 Å². The third-order valence-corrected chi connectivity index (χ3v) is 5.00. The number of ether oxygens (including phenoxy) is 1. The van der Waals surface area contributed by atoms with E-state index in [1.165, 1.54) is 42.5 Å². The molecule has 37 heavy (non-hydrogen) atoms. The second-order valence-electron chi connectivity index (χ2n) is 7.42. The molecule has 0 spiro atoms. The third kappa shape index (κ3) is 8.19. The van der Waals surface area contributed by atoms with Crippen LogP contribution in [0.1, 0.15) is 27.0 Å². The van der Waals surface area contributed by atoms with Crippen LogP contribution in [0.25, 0.3) is 0 Å². The number of alkyl halides is 6. The van der Waals surface area contributed by atoms with Crippen molar-refractivity contribution in [2.75, 3.05) is 5.32 Å². The number of anilines is 1. The molecule has 3 amide bonds. The molecule has 3 rings (SSSR count). The molecule has 0 bridgehead atoms. The maximum absolute atomic E-state index is 13.0. The summed E-state index contributed by atoms with van der Waals surface area (Å²) in [5, 5.41) is 2.93. The predicted molar refractivity (Wildman–Crippen MR) is 123 cm³/mol. The number of urea groups is 1. The second-order valence-corrected chi connectivity index (χ2v) is 8.29. The Bertz CT molecular complexity index is 1260. The smallest absolute Gasteiger partial charge is 0.416 e. The zero-order chi connectivity index (χ0) is 27.4. The number of rotatable bonds is 5. The van der Waals surface area contributed by atoms with Gasteiger partial charge in [0.2, 0.25) is 0 Å². The number of hydrogen-bond acceptors (Lipinski definition) is 3. The van der Waals surface area contributed by atoms with Gasteiger partial charge in [-0.3, -0.25) is 10.2 Å². The molecule has 0 aliphatic rings. The molecule has 3 aromatic carbocycles. The van der Waals surface area contributed by atoms with Crippen LogP contribution >= 0.6 is 23.2 Å². The molecule has 0 radical (unpaired) electrons. The lowest BCUT2D eigenvalue weighted by molar-refractivity contribution is -0.143. The molecular weight excluding hydrogens is 551 g/mol. The first-order chi connectivity index (χ1) is 17.2. The highest BCUT2D eigenvalue weighted by molar-refractivity contribution is 6.35. The summed E-state index contributed by atoms with van der Waals surface area (Å²) < 4.78 is 83.5. The van der Waals surface area contributed by atoms with Gasteiger partial charge in [-0.25, -0.2) is 10.2 Å². The molecular formula is C23H15Cl2F6N3O3. The van der Waals surface area contributed by atoms with E-state index in [2.05, 4.69) is 16.2 Å². The van der Waals surface area contributed by atoms with Gasteiger partial charge in [0.05, 0.1) is 11.1 Å². The Morgan fingerprint density at radius 2 is 1.38 bits per heavy atom. The number of carbonyl (C=O) groups is 2. The summed E-state index contributed by atoms with van der Waals surface area (Å²) in [5.41, 5.74) is 1.12. The first-order valence-electron chi connectivity index (χ1n) is 10.1. The van der Waals surface area contributed by atoms with E-state index >= 15 is 0 Å². The lowest BCUT2D eigenvalue weighted by atomic mass is 10.1. The van der Waals surface area contributed by atoms with E-state index in [1.54, 1.807) is 0 Å². The number of benzene rings is 3. The van der Waals surface area contributed by atoms with E-state index < -0.39 is 42.0 Å². The fourth-order valence-electron chi connectivity index (χ4n) is 2.97. The summed E-state index contributed by atoms with van der Waals surface area (Å²) in [4.78, 5) is 24.3. The van der Waals surface area contributed by atoms with Gasteiger partial charge in [0.1, 0.15) is 12.4 Å². The lowest BCUT2D eigenvalue weighted by Gasteiger charge is -2.15. The number of hydrazine groups is 1. The minimum absolute atomic E-state index is 0.0125. The van der Waals surface area contributed by atoms with Gasteiger partial charge in [0.15, 0.2) is 0 Å². The van der Waals surface area contributed by atoms with Crippen LogP contribution in [0.4, 0.5) is 36.8 Å². The highest BCUT2D eigenvalue weighted by atomic mass is 35.5. The number of nitrogens with one attached hydrogen (secondary N) is 3. The molecule has 0 aromatic heterocycles. The summed E-state index contributed by atoms with van der Waals surface area (Å²) in [6.07, 6.45) is -9.99. The van der Waals surface area contributed by atoms with Crippen LogP contribution in [0.5, 0.6) is 5.75 Å². The van der Waals surface area contributed by atoms with Crippen LogP contribution in [-0.4, -0.2) is 11.9 Å². The maximum Gasteiger partial charge on any atom is 0.416 e. The zero-order valence-electron chi connectivity index (χ0n) is 18.2. The van der Waals surface area contributed by atoms with Crippen molar-refractivity contribution in [3.05, 3.63) is 93.0 Å². The molecule has 0 fully saturated rings. The Labute approximate surface area is 215 Å². The van der Waals surface area contributed by atoms with Crippen molar-refractivity contribution in [1.29, 1.82) is 0 Å². The fraction of sp³-hybridized carbons (Fsp3) is 0.130. The molecule has 0 heterocycles. The lowest BCUT2D eigenvalue weighted by Crippen LogP contribution is -2.43. The van der Waals surface area contributed by atoms with Gasteiger partial charge in [-0.2, -0.15) is 26.3 Å². The van der Waals surface area contributed by atoms with Gasteiger partial charge in [0.25, 0.3) is 5.91 Å². The van der Waals surface area contributed by atoms with Crippen LogP contribution < -0.4 is 20.9 Å². The molecule has 0 saturated heterocycles. The zero-order valence-corrected chi connectivity index (χ0v) is 19.7. The SMILES string of the molecule is O=C(NNC(=O)c1cccc(OCc2cc(C(F)(F)F)cc(C(F)(F)F)c2)c1)Nc1cc(Cl)cc(Cl)c1. The Balaban J connectivity index is 1.64. The largest absolute Gasteiger partial charge is 0.489 e. The average molecular weight is 566 g/mol. The molecule has 3 aromatic rings. The molecule has 3 N–H and O–H groups in total. The van der Waals surface area contributed by atoms with Crippen molar-refractivity contribution in [2.24, 2.45) is 0 Å². The molecule has 0 saturated carbocycles. The predicted octanol–water partition coefficient (Wildman–Crippen LogP) is 7.08. The molecule has 0 unspecified atom stereocenters. The fourth-order valence-corrected chi connectivity index (χ4v) is 3.50. The highest BCUT2D eigenvalue weighted by Gasteiger charge is 2.36. The molecule has 6 nitrogen and oxygen atoms in total. The monoisotopic (exact) mass is 565 g/mol. The van der Waals surface area contributed by atoms with Crippen LogP contribution in [0.2, 0.25) is 10.0 Å². The Hall–Kier alpha value is -3.64. The molecule has 0 atom stereocenters. The number of hydrogen-bond donors (Lipinski definition) is 3. The molecule has 0 aliphatic carbocycles. The van der Waals surface area contributed by atoms with E-state index in [0.717, 1.165) is 0 Å². The van der Waals surface area contributed by atoms with E-state index in [-0.39, 0.29) is 38.7 Å². The topological polar surface area (TPSA) is 79.5 Å².